The fourth-order valence-electron chi connectivity index (χ4n) is 2.37. The van der Waals surface area contributed by atoms with E-state index >= 15 is 0 Å². The summed E-state index contributed by atoms with van der Waals surface area (Å²) in [4.78, 5) is 6.77. The summed E-state index contributed by atoms with van der Waals surface area (Å²) in [5, 5.41) is 6.69. The molecule has 5 heteroatoms. The van der Waals surface area contributed by atoms with Crippen LogP contribution in [-0.4, -0.2) is 38.0 Å². The molecule has 1 heterocycles. The first-order valence-electron chi connectivity index (χ1n) is 7.96. The van der Waals surface area contributed by atoms with Gasteiger partial charge in [0.25, 0.3) is 0 Å². The lowest BCUT2D eigenvalue weighted by molar-refractivity contribution is 0.298. The summed E-state index contributed by atoms with van der Waals surface area (Å²) >= 11 is 0. The number of nitrogens with one attached hydrogen (secondary N) is 2. The number of likely N-dealkylation sites (N-methyl/N-ethyl adjacent to an activating group) is 1. The molecule has 2 rings (SSSR count). The van der Waals surface area contributed by atoms with Gasteiger partial charge in [-0.15, -0.1) is 0 Å². The van der Waals surface area contributed by atoms with Gasteiger partial charge in [0, 0.05) is 13.1 Å². The first-order valence-corrected chi connectivity index (χ1v) is 7.96. The van der Waals surface area contributed by atoms with Crippen LogP contribution in [0.15, 0.2) is 58.1 Å². The van der Waals surface area contributed by atoms with Crippen molar-refractivity contribution in [3.8, 4) is 0 Å². The molecule has 0 fully saturated rings. The average Bonchev–Trinajstić information content (AvgIpc) is 3.07. The molecule has 0 aliphatic carbocycles. The van der Waals surface area contributed by atoms with Gasteiger partial charge >= 0.3 is 0 Å². The summed E-state index contributed by atoms with van der Waals surface area (Å²) in [6.45, 7) is 4.19. The minimum Gasteiger partial charge on any atom is -0.467 e. The molecule has 1 atom stereocenters. The van der Waals surface area contributed by atoms with E-state index in [4.69, 9.17) is 4.42 Å². The van der Waals surface area contributed by atoms with Gasteiger partial charge in [-0.2, -0.15) is 0 Å². The second-order valence-corrected chi connectivity index (χ2v) is 5.55. The van der Waals surface area contributed by atoms with Crippen LogP contribution in [0.5, 0.6) is 0 Å². The molecule has 0 aliphatic rings. The molecule has 124 valence electrons. The molecule has 0 spiro atoms. The van der Waals surface area contributed by atoms with Crippen LogP contribution in [-0.2, 0) is 6.54 Å². The van der Waals surface area contributed by atoms with Gasteiger partial charge < -0.3 is 20.0 Å². The zero-order chi connectivity index (χ0) is 16.5. The van der Waals surface area contributed by atoms with E-state index in [1.54, 1.807) is 6.26 Å². The van der Waals surface area contributed by atoms with Crippen LogP contribution in [0.3, 0.4) is 0 Å². The number of aliphatic imine (C=N–C) groups is 1. The first-order chi connectivity index (χ1) is 11.2. The van der Waals surface area contributed by atoms with Crippen molar-refractivity contribution in [2.45, 2.75) is 19.5 Å². The van der Waals surface area contributed by atoms with Crippen molar-refractivity contribution in [3.63, 3.8) is 0 Å². The number of nitrogens with zero attached hydrogens (tertiary/aromatic N) is 2. The van der Waals surface area contributed by atoms with Gasteiger partial charge in [0.05, 0.1) is 12.3 Å². The van der Waals surface area contributed by atoms with E-state index in [-0.39, 0.29) is 6.04 Å². The van der Waals surface area contributed by atoms with Crippen LogP contribution in [0, 0.1) is 0 Å². The number of furan rings is 1. The molecule has 0 amide bonds. The molecule has 0 aliphatic heterocycles. The Morgan fingerprint density at radius 1 is 1.13 bits per heavy atom. The third kappa shape index (κ3) is 5.45. The fraction of sp³-hybridized carbons (Fsp3) is 0.389. The van der Waals surface area contributed by atoms with Gasteiger partial charge in [-0.3, -0.25) is 0 Å². The lowest BCUT2D eigenvalue weighted by Gasteiger charge is -2.26. The fourth-order valence-corrected chi connectivity index (χ4v) is 2.37. The van der Waals surface area contributed by atoms with E-state index in [9.17, 15) is 0 Å². The lowest BCUT2D eigenvalue weighted by atomic mass is 10.1. The van der Waals surface area contributed by atoms with Crippen molar-refractivity contribution in [1.82, 2.24) is 15.5 Å². The zero-order valence-corrected chi connectivity index (χ0v) is 14.1. The highest BCUT2D eigenvalue weighted by atomic mass is 16.3. The predicted octanol–water partition coefficient (Wildman–Crippen LogP) is 2.64. The van der Waals surface area contributed by atoms with Crippen LogP contribution >= 0.6 is 0 Å². The molecule has 2 N–H and O–H groups in total. The van der Waals surface area contributed by atoms with Gasteiger partial charge in [0.15, 0.2) is 5.96 Å². The predicted molar refractivity (Wildman–Crippen MR) is 94.4 cm³/mol. The Morgan fingerprint density at radius 3 is 2.52 bits per heavy atom. The summed E-state index contributed by atoms with van der Waals surface area (Å²) in [6.07, 6.45) is 1.67. The second kappa shape index (κ2) is 9.00. The summed E-state index contributed by atoms with van der Waals surface area (Å²) in [5.41, 5.74) is 1.28. The van der Waals surface area contributed by atoms with E-state index in [2.05, 4.69) is 65.8 Å². The third-order valence-electron chi connectivity index (χ3n) is 3.59. The molecule has 23 heavy (non-hydrogen) atoms. The topological polar surface area (TPSA) is 52.8 Å². The monoisotopic (exact) mass is 314 g/mol. The maximum atomic E-state index is 5.32. The molecular weight excluding hydrogens is 288 g/mol. The first kappa shape index (κ1) is 17.1. The Morgan fingerprint density at radius 2 is 1.91 bits per heavy atom. The molecule has 0 saturated carbocycles. The molecule has 1 aromatic heterocycles. The summed E-state index contributed by atoms with van der Waals surface area (Å²) in [7, 11) is 4.18. The normalized spacial score (nSPS) is 13.1. The zero-order valence-electron chi connectivity index (χ0n) is 14.1. The maximum absolute atomic E-state index is 5.32. The molecule has 5 nitrogen and oxygen atoms in total. The number of benzene rings is 1. The van der Waals surface area contributed by atoms with E-state index < -0.39 is 0 Å². The number of rotatable bonds is 7. The third-order valence-corrected chi connectivity index (χ3v) is 3.59. The number of guanidine groups is 1. The van der Waals surface area contributed by atoms with Crippen molar-refractivity contribution >= 4 is 5.96 Å². The van der Waals surface area contributed by atoms with Gasteiger partial charge in [-0.05, 0) is 38.7 Å². The Bertz CT molecular complexity index is 578. The summed E-state index contributed by atoms with van der Waals surface area (Å²) in [6, 6.07) is 14.6. The van der Waals surface area contributed by atoms with Crippen LogP contribution in [0.2, 0.25) is 0 Å². The van der Waals surface area contributed by atoms with Crippen LogP contribution in [0.1, 0.15) is 24.3 Å². The van der Waals surface area contributed by atoms with Crippen molar-refractivity contribution < 1.29 is 4.42 Å². The molecule has 1 unspecified atom stereocenters. The highest BCUT2D eigenvalue weighted by Gasteiger charge is 2.14. The lowest BCUT2D eigenvalue weighted by Crippen LogP contribution is -2.41. The standard InChI is InChI=1S/C18H26N4O/c1-4-19-18(20-13-16-11-8-12-23-16)21-14-17(22(2)3)15-9-6-5-7-10-15/h5-12,17H,4,13-14H2,1-3H3,(H2,19,20,21). The van der Waals surface area contributed by atoms with Gasteiger partial charge in [0.2, 0.25) is 0 Å². The smallest absolute Gasteiger partial charge is 0.191 e. The quantitative estimate of drug-likeness (QED) is 0.609. The van der Waals surface area contributed by atoms with E-state index in [1.807, 2.05) is 18.2 Å². The van der Waals surface area contributed by atoms with Crippen molar-refractivity contribution in [3.05, 3.63) is 60.1 Å². The SMILES string of the molecule is CCNC(=NCc1ccco1)NCC(c1ccccc1)N(C)C. The minimum atomic E-state index is 0.281. The van der Waals surface area contributed by atoms with E-state index in [1.165, 1.54) is 5.56 Å². The molecule has 1 aromatic carbocycles. The molecular formula is C18H26N4O. The van der Waals surface area contributed by atoms with Crippen LogP contribution in [0.4, 0.5) is 0 Å². The van der Waals surface area contributed by atoms with Crippen molar-refractivity contribution in [1.29, 1.82) is 0 Å². The highest BCUT2D eigenvalue weighted by Crippen LogP contribution is 2.16. The Labute approximate surface area is 138 Å². The molecule has 0 bridgehead atoms. The van der Waals surface area contributed by atoms with Crippen LogP contribution in [0.25, 0.3) is 0 Å². The Kier molecular flexibility index (Phi) is 6.69. The minimum absolute atomic E-state index is 0.281. The van der Waals surface area contributed by atoms with Crippen molar-refractivity contribution in [2.24, 2.45) is 4.99 Å². The molecule has 0 radical (unpaired) electrons. The number of hydrogen-bond acceptors (Lipinski definition) is 3. The maximum Gasteiger partial charge on any atom is 0.191 e. The summed E-state index contributed by atoms with van der Waals surface area (Å²) < 4.78 is 5.32. The van der Waals surface area contributed by atoms with Gasteiger partial charge in [-0.25, -0.2) is 4.99 Å². The van der Waals surface area contributed by atoms with Crippen LogP contribution < -0.4 is 10.6 Å². The Hall–Kier alpha value is -2.27. The summed E-state index contributed by atoms with van der Waals surface area (Å²) in [5.74, 6) is 1.65. The van der Waals surface area contributed by atoms with E-state index in [0.29, 0.717) is 6.54 Å². The second-order valence-electron chi connectivity index (χ2n) is 5.55. The average molecular weight is 314 g/mol. The largest absolute Gasteiger partial charge is 0.467 e. The van der Waals surface area contributed by atoms with Crippen molar-refractivity contribution in [2.75, 3.05) is 27.2 Å². The van der Waals surface area contributed by atoms with E-state index in [0.717, 1.165) is 24.8 Å². The molecule has 2 aromatic rings. The Balaban J connectivity index is 1.99. The molecule has 0 saturated heterocycles. The number of hydrogen-bond donors (Lipinski definition) is 2. The van der Waals surface area contributed by atoms with Gasteiger partial charge in [0.1, 0.15) is 12.3 Å². The highest BCUT2D eigenvalue weighted by molar-refractivity contribution is 5.79. The van der Waals surface area contributed by atoms with Gasteiger partial charge in [-0.1, -0.05) is 30.3 Å².